The minimum absolute atomic E-state index is 0.170. The first-order valence-corrected chi connectivity index (χ1v) is 8.78. The molecule has 136 valence electrons. The molecule has 0 N–H and O–H groups in total. The number of hydrogen-bond donors (Lipinski definition) is 0. The molecule has 0 fully saturated rings. The van der Waals surface area contributed by atoms with Gasteiger partial charge >= 0.3 is 0 Å². The maximum absolute atomic E-state index is 12.9. The molecule has 7 heteroatoms. The third-order valence-electron chi connectivity index (χ3n) is 4.46. The van der Waals surface area contributed by atoms with Gasteiger partial charge in [0, 0.05) is 5.56 Å². The molecule has 28 heavy (non-hydrogen) atoms. The standard InChI is InChI=1S/C21H15N5O2/c27-21-18-11-23-26(17-9-5-2-6-10-17)19(18)22-14-25(21)12-16-13-28-20(24-16)15-7-3-1-4-8-15/h1-11,13-14H,12H2. The van der Waals surface area contributed by atoms with Crippen molar-refractivity contribution in [3.8, 4) is 17.1 Å². The van der Waals surface area contributed by atoms with Crippen LogP contribution in [0.5, 0.6) is 0 Å². The number of hydrogen-bond acceptors (Lipinski definition) is 5. The molecule has 0 aliphatic heterocycles. The number of nitrogens with zero attached hydrogens (tertiary/aromatic N) is 5. The lowest BCUT2D eigenvalue weighted by molar-refractivity contribution is 0.571. The zero-order chi connectivity index (χ0) is 18.9. The molecule has 2 aromatic carbocycles. The van der Waals surface area contributed by atoms with Crippen molar-refractivity contribution in [1.82, 2.24) is 24.3 Å². The molecular weight excluding hydrogens is 354 g/mol. The highest BCUT2D eigenvalue weighted by atomic mass is 16.3. The largest absolute Gasteiger partial charge is 0.444 e. The predicted octanol–water partition coefficient (Wildman–Crippen LogP) is 3.29. The highest BCUT2D eigenvalue weighted by molar-refractivity contribution is 5.74. The normalized spacial score (nSPS) is 11.1. The molecule has 3 heterocycles. The van der Waals surface area contributed by atoms with Crippen molar-refractivity contribution in [2.24, 2.45) is 0 Å². The third kappa shape index (κ3) is 2.79. The van der Waals surface area contributed by atoms with Crippen LogP contribution >= 0.6 is 0 Å². The second-order valence-corrected chi connectivity index (χ2v) is 6.32. The summed E-state index contributed by atoms with van der Waals surface area (Å²) < 4.78 is 8.71. The highest BCUT2D eigenvalue weighted by Gasteiger charge is 2.13. The zero-order valence-corrected chi connectivity index (χ0v) is 14.8. The van der Waals surface area contributed by atoms with E-state index < -0.39 is 0 Å². The maximum atomic E-state index is 12.9. The summed E-state index contributed by atoms with van der Waals surface area (Å²) in [6, 6.07) is 19.2. The van der Waals surface area contributed by atoms with Crippen molar-refractivity contribution in [3.63, 3.8) is 0 Å². The molecule has 0 saturated heterocycles. The van der Waals surface area contributed by atoms with Crippen LogP contribution in [0, 0.1) is 0 Å². The average molecular weight is 369 g/mol. The van der Waals surface area contributed by atoms with Crippen molar-refractivity contribution in [2.75, 3.05) is 0 Å². The summed E-state index contributed by atoms with van der Waals surface area (Å²) in [4.78, 5) is 21.8. The molecule has 5 rings (SSSR count). The van der Waals surface area contributed by atoms with E-state index in [0.717, 1.165) is 11.3 Å². The molecule has 5 aromatic rings. The van der Waals surface area contributed by atoms with Gasteiger partial charge in [-0.25, -0.2) is 14.6 Å². The van der Waals surface area contributed by atoms with Gasteiger partial charge in [0.2, 0.25) is 5.89 Å². The van der Waals surface area contributed by atoms with Crippen LogP contribution in [0.3, 0.4) is 0 Å². The van der Waals surface area contributed by atoms with E-state index in [2.05, 4.69) is 15.1 Å². The Morgan fingerprint density at radius 3 is 2.50 bits per heavy atom. The summed E-state index contributed by atoms with van der Waals surface area (Å²) in [5, 5.41) is 4.78. The van der Waals surface area contributed by atoms with Gasteiger partial charge in [-0.2, -0.15) is 5.10 Å². The molecule has 0 spiro atoms. The van der Waals surface area contributed by atoms with Crippen molar-refractivity contribution in [3.05, 3.63) is 95.5 Å². The Balaban J connectivity index is 1.49. The molecule has 3 aromatic heterocycles. The second kappa shape index (κ2) is 6.62. The van der Waals surface area contributed by atoms with Crippen LogP contribution in [-0.4, -0.2) is 24.3 Å². The van der Waals surface area contributed by atoms with E-state index in [4.69, 9.17) is 4.42 Å². The third-order valence-corrected chi connectivity index (χ3v) is 4.46. The number of para-hydroxylation sites is 1. The molecule has 7 nitrogen and oxygen atoms in total. The van der Waals surface area contributed by atoms with Crippen LogP contribution in [0.4, 0.5) is 0 Å². The fourth-order valence-electron chi connectivity index (χ4n) is 3.09. The van der Waals surface area contributed by atoms with E-state index >= 15 is 0 Å². The Morgan fingerprint density at radius 2 is 1.71 bits per heavy atom. The van der Waals surface area contributed by atoms with E-state index in [-0.39, 0.29) is 12.1 Å². The first-order valence-electron chi connectivity index (χ1n) is 8.78. The van der Waals surface area contributed by atoms with E-state index in [1.807, 2.05) is 60.7 Å². The van der Waals surface area contributed by atoms with E-state index in [1.54, 1.807) is 17.1 Å². The van der Waals surface area contributed by atoms with Crippen LogP contribution in [-0.2, 0) is 6.54 Å². The van der Waals surface area contributed by atoms with Gasteiger partial charge in [0.05, 0.1) is 24.1 Å². The van der Waals surface area contributed by atoms with Crippen LogP contribution in [0.1, 0.15) is 5.69 Å². The smallest absolute Gasteiger partial charge is 0.264 e. The van der Waals surface area contributed by atoms with Gasteiger partial charge in [-0.15, -0.1) is 0 Å². The Kier molecular flexibility index (Phi) is 3.83. The lowest BCUT2D eigenvalue weighted by Crippen LogP contribution is -2.21. The molecule has 0 saturated carbocycles. The highest BCUT2D eigenvalue weighted by Crippen LogP contribution is 2.18. The molecule has 0 atom stereocenters. The minimum atomic E-state index is -0.170. The molecule has 0 aliphatic rings. The van der Waals surface area contributed by atoms with Gasteiger partial charge < -0.3 is 4.42 Å². The Morgan fingerprint density at radius 1 is 0.964 bits per heavy atom. The molecule has 0 unspecified atom stereocenters. The lowest BCUT2D eigenvalue weighted by Gasteiger charge is -2.04. The first-order chi connectivity index (χ1) is 13.8. The fourth-order valence-corrected chi connectivity index (χ4v) is 3.09. The Hall–Kier alpha value is -4.00. The average Bonchev–Trinajstić information content (AvgIpc) is 3.39. The summed E-state index contributed by atoms with van der Waals surface area (Å²) in [6.45, 7) is 0.272. The van der Waals surface area contributed by atoms with Gasteiger partial charge in [-0.3, -0.25) is 9.36 Å². The minimum Gasteiger partial charge on any atom is -0.444 e. The lowest BCUT2D eigenvalue weighted by atomic mass is 10.2. The summed E-state index contributed by atoms with van der Waals surface area (Å²) in [6.07, 6.45) is 4.63. The SMILES string of the molecule is O=c1c2cnn(-c3ccccc3)c2ncn1Cc1coc(-c2ccccc2)n1. The number of fused-ring (bicyclic) bond motifs is 1. The topological polar surface area (TPSA) is 78.7 Å². The van der Waals surface area contributed by atoms with Gasteiger partial charge in [0.15, 0.2) is 5.65 Å². The molecular formula is C21H15N5O2. The molecule has 0 aliphatic carbocycles. The van der Waals surface area contributed by atoms with Gasteiger partial charge in [-0.05, 0) is 24.3 Å². The van der Waals surface area contributed by atoms with Gasteiger partial charge in [-0.1, -0.05) is 36.4 Å². The fraction of sp³-hybridized carbons (Fsp3) is 0.0476. The van der Waals surface area contributed by atoms with Crippen LogP contribution in [0.2, 0.25) is 0 Å². The van der Waals surface area contributed by atoms with E-state index in [9.17, 15) is 4.79 Å². The number of oxazole rings is 1. The van der Waals surface area contributed by atoms with Crippen LogP contribution in [0.25, 0.3) is 28.2 Å². The van der Waals surface area contributed by atoms with Crippen molar-refractivity contribution >= 4 is 11.0 Å². The monoisotopic (exact) mass is 369 g/mol. The summed E-state index contributed by atoms with van der Waals surface area (Å²) in [5.74, 6) is 0.523. The van der Waals surface area contributed by atoms with Crippen LogP contribution in [0.15, 0.2) is 88.7 Å². The maximum Gasteiger partial charge on any atom is 0.264 e. The summed E-state index contributed by atoms with van der Waals surface area (Å²) in [7, 11) is 0. The second-order valence-electron chi connectivity index (χ2n) is 6.32. The number of benzene rings is 2. The number of aromatic nitrogens is 5. The summed E-state index contributed by atoms with van der Waals surface area (Å²) >= 11 is 0. The predicted molar refractivity (Wildman–Crippen MR) is 104 cm³/mol. The quantitative estimate of drug-likeness (QED) is 0.486. The van der Waals surface area contributed by atoms with E-state index in [1.165, 1.54) is 10.9 Å². The van der Waals surface area contributed by atoms with E-state index in [0.29, 0.717) is 22.6 Å². The molecule has 0 radical (unpaired) electrons. The van der Waals surface area contributed by atoms with Gasteiger partial charge in [0.25, 0.3) is 5.56 Å². The number of rotatable bonds is 4. The molecule has 0 amide bonds. The molecule has 0 bridgehead atoms. The van der Waals surface area contributed by atoms with Crippen LogP contribution < -0.4 is 5.56 Å². The van der Waals surface area contributed by atoms with Crippen molar-refractivity contribution in [1.29, 1.82) is 0 Å². The van der Waals surface area contributed by atoms with Gasteiger partial charge in [0.1, 0.15) is 18.0 Å². The van der Waals surface area contributed by atoms with Crippen molar-refractivity contribution < 1.29 is 4.42 Å². The Labute approximate surface area is 159 Å². The summed E-state index contributed by atoms with van der Waals surface area (Å²) in [5.41, 5.74) is 2.75. The van der Waals surface area contributed by atoms with Crippen molar-refractivity contribution in [2.45, 2.75) is 6.54 Å². The zero-order valence-electron chi connectivity index (χ0n) is 14.8. The Bertz CT molecular complexity index is 1300. The first kappa shape index (κ1) is 16.2.